The van der Waals surface area contributed by atoms with Gasteiger partial charge in [0.15, 0.2) is 5.79 Å². The Bertz CT molecular complexity index is 406. The van der Waals surface area contributed by atoms with Crippen LogP contribution in [0.1, 0.15) is 30.0 Å². The van der Waals surface area contributed by atoms with Gasteiger partial charge in [-0.3, -0.25) is 0 Å². The van der Waals surface area contributed by atoms with Crippen LogP contribution in [0.3, 0.4) is 0 Å². The van der Waals surface area contributed by atoms with Crippen LogP contribution in [0, 0.1) is 13.8 Å². The Morgan fingerprint density at radius 2 is 1.71 bits per heavy atom. The van der Waals surface area contributed by atoms with Gasteiger partial charge in [-0.25, -0.2) is 0 Å². The Labute approximate surface area is 103 Å². The van der Waals surface area contributed by atoms with Crippen molar-refractivity contribution in [3.63, 3.8) is 0 Å². The summed E-state index contributed by atoms with van der Waals surface area (Å²) < 4.78 is 17.0. The molecule has 1 heterocycles. The average molecular weight is 236 g/mol. The maximum atomic E-state index is 5.79. The first kappa shape index (κ1) is 12.4. The summed E-state index contributed by atoms with van der Waals surface area (Å²) >= 11 is 0. The highest BCUT2D eigenvalue weighted by Gasteiger charge is 2.34. The molecule has 0 atom stereocenters. The minimum atomic E-state index is -0.679. The summed E-state index contributed by atoms with van der Waals surface area (Å²) in [6.45, 7) is 7.58. The molecule has 1 saturated heterocycles. The zero-order valence-electron chi connectivity index (χ0n) is 11.0. The summed E-state index contributed by atoms with van der Waals surface area (Å²) in [7, 11) is 1.68. The van der Waals surface area contributed by atoms with E-state index in [4.69, 9.17) is 14.2 Å². The van der Waals surface area contributed by atoms with E-state index >= 15 is 0 Å². The highest BCUT2D eigenvalue weighted by molar-refractivity contribution is 5.44. The van der Waals surface area contributed by atoms with Gasteiger partial charge in [0.1, 0.15) is 5.75 Å². The lowest BCUT2D eigenvalue weighted by molar-refractivity contribution is -0.265. The lowest BCUT2D eigenvalue weighted by atomic mass is 9.99. The smallest absolute Gasteiger partial charge is 0.195 e. The minimum Gasteiger partial charge on any atom is -0.496 e. The van der Waals surface area contributed by atoms with Crippen LogP contribution in [-0.2, 0) is 15.3 Å². The lowest BCUT2D eigenvalue weighted by Gasteiger charge is -2.35. The average Bonchev–Trinajstić information content (AvgIpc) is 2.33. The van der Waals surface area contributed by atoms with E-state index < -0.39 is 5.79 Å². The molecule has 0 aromatic heterocycles. The van der Waals surface area contributed by atoms with Crippen molar-refractivity contribution in [1.29, 1.82) is 0 Å². The first-order valence-corrected chi connectivity index (χ1v) is 6.00. The molecule has 1 aliphatic rings. The van der Waals surface area contributed by atoms with Crippen molar-refractivity contribution in [2.75, 3.05) is 20.3 Å². The van der Waals surface area contributed by atoms with Crippen LogP contribution >= 0.6 is 0 Å². The van der Waals surface area contributed by atoms with E-state index in [-0.39, 0.29) is 0 Å². The summed E-state index contributed by atoms with van der Waals surface area (Å²) in [6, 6.07) is 4.14. The molecule has 0 N–H and O–H groups in total. The molecule has 3 heteroatoms. The van der Waals surface area contributed by atoms with Crippen molar-refractivity contribution >= 4 is 0 Å². The minimum absolute atomic E-state index is 0.679. The number of rotatable bonds is 2. The fourth-order valence-corrected chi connectivity index (χ4v) is 2.10. The van der Waals surface area contributed by atoms with Crippen LogP contribution in [-0.4, -0.2) is 20.3 Å². The number of hydrogen-bond acceptors (Lipinski definition) is 3. The normalized spacial score (nSPS) is 19.1. The predicted octanol–water partition coefficient (Wildman–Crippen LogP) is 2.92. The standard InChI is InChI=1S/C14H20O3/c1-10-8-12(13(15-4)9-11(10)2)14(3)16-6-5-7-17-14/h8-9H,5-7H2,1-4H3. The zero-order valence-corrected chi connectivity index (χ0v) is 11.0. The van der Waals surface area contributed by atoms with Crippen LogP contribution in [0.25, 0.3) is 0 Å². The van der Waals surface area contributed by atoms with Gasteiger partial charge < -0.3 is 14.2 Å². The highest BCUT2D eigenvalue weighted by Crippen LogP contribution is 2.37. The summed E-state index contributed by atoms with van der Waals surface area (Å²) in [6.07, 6.45) is 0.947. The third kappa shape index (κ3) is 2.31. The van der Waals surface area contributed by atoms with E-state index in [1.54, 1.807) is 7.11 Å². The zero-order chi connectivity index (χ0) is 12.5. The van der Waals surface area contributed by atoms with Crippen molar-refractivity contribution in [2.45, 2.75) is 33.0 Å². The molecular weight excluding hydrogens is 216 g/mol. The molecule has 0 spiro atoms. The van der Waals surface area contributed by atoms with Gasteiger partial charge in [-0.2, -0.15) is 0 Å². The Balaban J connectivity index is 2.45. The largest absolute Gasteiger partial charge is 0.496 e. The SMILES string of the molecule is COc1cc(C)c(C)cc1C1(C)OCCCO1. The number of methoxy groups -OCH3 is 1. The summed E-state index contributed by atoms with van der Waals surface area (Å²) in [5, 5.41) is 0. The van der Waals surface area contributed by atoms with Gasteiger partial charge in [0.2, 0.25) is 0 Å². The van der Waals surface area contributed by atoms with E-state index in [0.29, 0.717) is 0 Å². The molecular formula is C14H20O3. The highest BCUT2D eigenvalue weighted by atomic mass is 16.7. The van der Waals surface area contributed by atoms with Gasteiger partial charge in [-0.15, -0.1) is 0 Å². The summed E-state index contributed by atoms with van der Waals surface area (Å²) in [5.41, 5.74) is 3.41. The Morgan fingerprint density at radius 1 is 1.12 bits per heavy atom. The third-order valence-electron chi connectivity index (χ3n) is 3.35. The quantitative estimate of drug-likeness (QED) is 0.790. The molecule has 0 aliphatic carbocycles. The number of aryl methyl sites for hydroxylation is 2. The van der Waals surface area contributed by atoms with Crippen molar-refractivity contribution in [2.24, 2.45) is 0 Å². The third-order valence-corrected chi connectivity index (χ3v) is 3.35. The molecule has 94 valence electrons. The fraction of sp³-hybridized carbons (Fsp3) is 0.571. The Hall–Kier alpha value is -1.06. The molecule has 3 nitrogen and oxygen atoms in total. The van der Waals surface area contributed by atoms with Crippen LogP contribution in [0.4, 0.5) is 0 Å². The van der Waals surface area contributed by atoms with Crippen molar-refractivity contribution in [1.82, 2.24) is 0 Å². The molecule has 1 aliphatic heterocycles. The van der Waals surface area contributed by atoms with E-state index in [0.717, 1.165) is 30.9 Å². The number of benzene rings is 1. The van der Waals surface area contributed by atoms with Gasteiger partial charge in [-0.1, -0.05) is 0 Å². The molecule has 2 rings (SSSR count). The maximum Gasteiger partial charge on any atom is 0.195 e. The molecule has 0 saturated carbocycles. The molecule has 0 radical (unpaired) electrons. The number of hydrogen-bond donors (Lipinski definition) is 0. The molecule has 0 unspecified atom stereocenters. The Morgan fingerprint density at radius 3 is 2.29 bits per heavy atom. The number of ether oxygens (including phenoxy) is 3. The first-order valence-electron chi connectivity index (χ1n) is 6.00. The topological polar surface area (TPSA) is 27.7 Å². The first-order chi connectivity index (χ1) is 8.07. The van der Waals surface area contributed by atoms with Gasteiger partial charge in [0, 0.05) is 0 Å². The molecule has 1 aromatic carbocycles. The fourth-order valence-electron chi connectivity index (χ4n) is 2.10. The maximum absolute atomic E-state index is 5.79. The van der Waals surface area contributed by atoms with Crippen LogP contribution in [0.5, 0.6) is 5.75 Å². The second kappa shape index (κ2) is 4.67. The lowest BCUT2D eigenvalue weighted by Crippen LogP contribution is -2.35. The monoisotopic (exact) mass is 236 g/mol. The molecule has 17 heavy (non-hydrogen) atoms. The second-order valence-corrected chi connectivity index (χ2v) is 4.63. The van der Waals surface area contributed by atoms with Crippen LogP contribution in [0.2, 0.25) is 0 Å². The van der Waals surface area contributed by atoms with Gasteiger partial charge in [0.25, 0.3) is 0 Å². The molecule has 1 aromatic rings. The van der Waals surface area contributed by atoms with Gasteiger partial charge in [0.05, 0.1) is 25.9 Å². The van der Waals surface area contributed by atoms with E-state index in [2.05, 4.69) is 19.9 Å². The van der Waals surface area contributed by atoms with Crippen LogP contribution in [0.15, 0.2) is 12.1 Å². The molecule has 0 bridgehead atoms. The second-order valence-electron chi connectivity index (χ2n) is 4.63. The van der Waals surface area contributed by atoms with E-state index in [1.165, 1.54) is 11.1 Å². The Kier molecular flexibility index (Phi) is 3.40. The molecule has 0 amide bonds. The van der Waals surface area contributed by atoms with Crippen molar-refractivity contribution in [3.05, 3.63) is 28.8 Å². The van der Waals surface area contributed by atoms with E-state index in [1.807, 2.05) is 13.0 Å². The van der Waals surface area contributed by atoms with Crippen LogP contribution < -0.4 is 4.74 Å². The van der Waals surface area contributed by atoms with Gasteiger partial charge in [-0.05, 0) is 50.5 Å². The van der Waals surface area contributed by atoms with E-state index in [9.17, 15) is 0 Å². The predicted molar refractivity (Wildman–Crippen MR) is 66.3 cm³/mol. The van der Waals surface area contributed by atoms with Crippen molar-refractivity contribution in [3.8, 4) is 5.75 Å². The summed E-state index contributed by atoms with van der Waals surface area (Å²) in [5.74, 6) is 0.153. The summed E-state index contributed by atoms with van der Waals surface area (Å²) in [4.78, 5) is 0. The van der Waals surface area contributed by atoms with Gasteiger partial charge >= 0.3 is 0 Å². The van der Waals surface area contributed by atoms with Crippen molar-refractivity contribution < 1.29 is 14.2 Å². The molecule has 1 fully saturated rings.